The first kappa shape index (κ1) is 19.0. The van der Waals surface area contributed by atoms with Crippen LogP contribution < -0.4 is 10.1 Å². The Labute approximate surface area is 160 Å². The van der Waals surface area contributed by atoms with Crippen LogP contribution >= 0.6 is 0 Å². The van der Waals surface area contributed by atoms with Crippen LogP contribution in [-0.2, 0) is 16.0 Å². The van der Waals surface area contributed by atoms with E-state index in [1.807, 2.05) is 54.6 Å². The maximum Gasteiger partial charge on any atom is 0.290 e. The number of carbonyl (C=O) groups excluding carboxylic acids is 2. The van der Waals surface area contributed by atoms with E-state index in [4.69, 9.17) is 4.74 Å². The third kappa shape index (κ3) is 5.33. The lowest BCUT2D eigenvalue weighted by Gasteiger charge is -2.33. The predicted molar refractivity (Wildman–Crippen MR) is 106 cm³/mol. The van der Waals surface area contributed by atoms with Crippen LogP contribution in [0.2, 0.25) is 0 Å². The van der Waals surface area contributed by atoms with Crippen molar-refractivity contribution in [2.75, 3.05) is 25.5 Å². The number of ketones is 1. The molecule has 27 heavy (non-hydrogen) atoms. The Kier molecular flexibility index (Phi) is 6.47. The molecule has 5 heteroatoms. The van der Waals surface area contributed by atoms with Gasteiger partial charge in [-0.15, -0.1) is 0 Å². The summed E-state index contributed by atoms with van der Waals surface area (Å²) < 4.78 is 5.17. The molecule has 1 fully saturated rings. The number of methoxy groups -OCH3 is 1. The van der Waals surface area contributed by atoms with Gasteiger partial charge in [-0.25, -0.2) is 0 Å². The number of nitrogens with one attached hydrogen (secondary N) is 1. The molecule has 1 aliphatic rings. The third-order valence-electron chi connectivity index (χ3n) is 4.89. The number of Topliss-reactive ketones (excluding diaryl/α,β-unsaturated/α-hetero) is 1. The molecule has 0 aliphatic carbocycles. The van der Waals surface area contributed by atoms with Crippen LogP contribution in [0.5, 0.6) is 5.75 Å². The number of rotatable bonds is 7. The second kappa shape index (κ2) is 9.21. The molecule has 142 valence electrons. The van der Waals surface area contributed by atoms with Crippen molar-refractivity contribution in [3.8, 4) is 5.75 Å². The smallest absolute Gasteiger partial charge is 0.290 e. The molecule has 0 unspecified atom stereocenters. The fourth-order valence-corrected chi connectivity index (χ4v) is 3.39. The van der Waals surface area contributed by atoms with Crippen molar-refractivity contribution in [3.63, 3.8) is 0 Å². The number of anilines is 1. The van der Waals surface area contributed by atoms with E-state index in [1.54, 1.807) is 12.0 Å². The quantitative estimate of drug-likeness (QED) is 0.764. The molecular formula is C22H26N2O3. The number of likely N-dealkylation sites (tertiary alicyclic amines) is 1. The SMILES string of the molecule is COc1ccc(N[C@H]2CCCN(C(=O)C(=O)CCc3ccccc3)C2)cc1. The fourth-order valence-electron chi connectivity index (χ4n) is 3.39. The first-order valence-corrected chi connectivity index (χ1v) is 9.42. The number of nitrogens with zero attached hydrogens (tertiary/aromatic N) is 1. The molecular weight excluding hydrogens is 340 g/mol. The topological polar surface area (TPSA) is 58.6 Å². The van der Waals surface area contributed by atoms with Crippen LogP contribution in [0.15, 0.2) is 54.6 Å². The minimum absolute atomic E-state index is 0.151. The molecule has 0 aromatic heterocycles. The molecule has 1 heterocycles. The molecule has 0 spiro atoms. The van der Waals surface area contributed by atoms with Crippen LogP contribution in [-0.4, -0.2) is 42.8 Å². The van der Waals surface area contributed by atoms with E-state index in [2.05, 4.69) is 5.32 Å². The van der Waals surface area contributed by atoms with E-state index in [9.17, 15) is 9.59 Å². The number of benzene rings is 2. The largest absolute Gasteiger partial charge is 0.497 e. The number of amides is 1. The lowest BCUT2D eigenvalue weighted by atomic mass is 10.0. The number of piperidine rings is 1. The van der Waals surface area contributed by atoms with Gasteiger partial charge in [-0.1, -0.05) is 30.3 Å². The van der Waals surface area contributed by atoms with Gasteiger partial charge in [0.05, 0.1) is 7.11 Å². The van der Waals surface area contributed by atoms with Gasteiger partial charge in [0.15, 0.2) is 0 Å². The number of carbonyl (C=O) groups is 2. The van der Waals surface area contributed by atoms with E-state index in [-0.39, 0.29) is 24.2 Å². The van der Waals surface area contributed by atoms with E-state index in [0.29, 0.717) is 19.5 Å². The molecule has 0 saturated carbocycles. The van der Waals surface area contributed by atoms with Crippen molar-refractivity contribution < 1.29 is 14.3 Å². The lowest BCUT2D eigenvalue weighted by Crippen LogP contribution is -2.47. The standard InChI is InChI=1S/C22H26N2O3/c1-27-20-12-10-18(11-13-20)23-19-8-5-15-24(16-19)22(26)21(25)14-9-17-6-3-2-4-7-17/h2-4,6-7,10-13,19,23H,5,8-9,14-16H2,1H3/t19-/m0/s1. The second-order valence-electron chi connectivity index (χ2n) is 6.87. The van der Waals surface area contributed by atoms with Crippen molar-refractivity contribution in [1.82, 2.24) is 4.90 Å². The van der Waals surface area contributed by atoms with Gasteiger partial charge >= 0.3 is 0 Å². The zero-order chi connectivity index (χ0) is 19.1. The number of aryl methyl sites for hydroxylation is 1. The molecule has 1 amide bonds. The van der Waals surface area contributed by atoms with Gasteiger partial charge in [-0.3, -0.25) is 9.59 Å². The van der Waals surface area contributed by atoms with Crippen LogP contribution in [0.1, 0.15) is 24.8 Å². The van der Waals surface area contributed by atoms with E-state index >= 15 is 0 Å². The predicted octanol–water partition coefficient (Wildman–Crippen LogP) is 3.30. The summed E-state index contributed by atoms with van der Waals surface area (Å²) in [6.07, 6.45) is 2.74. The number of ether oxygens (including phenoxy) is 1. The minimum atomic E-state index is -0.354. The van der Waals surface area contributed by atoms with Crippen LogP contribution in [0.3, 0.4) is 0 Å². The Morgan fingerprint density at radius 3 is 2.56 bits per heavy atom. The van der Waals surface area contributed by atoms with Gasteiger partial charge in [0, 0.05) is 31.2 Å². The lowest BCUT2D eigenvalue weighted by molar-refractivity contribution is -0.145. The van der Waals surface area contributed by atoms with Crippen LogP contribution in [0.25, 0.3) is 0 Å². The van der Waals surface area contributed by atoms with Crippen LogP contribution in [0, 0.1) is 0 Å². The first-order valence-electron chi connectivity index (χ1n) is 9.42. The van der Waals surface area contributed by atoms with Crippen LogP contribution in [0.4, 0.5) is 5.69 Å². The van der Waals surface area contributed by atoms with Crippen molar-refractivity contribution in [3.05, 3.63) is 60.2 Å². The Morgan fingerprint density at radius 1 is 1.11 bits per heavy atom. The van der Waals surface area contributed by atoms with E-state index in [0.717, 1.165) is 29.8 Å². The molecule has 0 radical (unpaired) electrons. The number of hydrogen-bond donors (Lipinski definition) is 1. The molecule has 1 saturated heterocycles. The Balaban J connectivity index is 1.51. The van der Waals surface area contributed by atoms with E-state index < -0.39 is 0 Å². The minimum Gasteiger partial charge on any atom is -0.497 e. The van der Waals surface area contributed by atoms with Crippen molar-refractivity contribution in [2.24, 2.45) is 0 Å². The molecule has 1 aliphatic heterocycles. The molecule has 2 aromatic carbocycles. The summed E-state index contributed by atoms with van der Waals surface area (Å²) in [5.74, 6) is 0.154. The highest BCUT2D eigenvalue weighted by atomic mass is 16.5. The summed E-state index contributed by atoms with van der Waals surface area (Å²) in [5, 5.41) is 3.45. The summed E-state index contributed by atoms with van der Waals surface area (Å²) in [6, 6.07) is 17.7. The van der Waals surface area contributed by atoms with Crippen molar-refractivity contribution >= 4 is 17.4 Å². The zero-order valence-corrected chi connectivity index (χ0v) is 15.7. The molecule has 2 aromatic rings. The van der Waals surface area contributed by atoms with Gasteiger partial charge in [0.25, 0.3) is 5.91 Å². The van der Waals surface area contributed by atoms with E-state index in [1.165, 1.54) is 0 Å². The maximum absolute atomic E-state index is 12.5. The monoisotopic (exact) mass is 366 g/mol. The molecule has 5 nitrogen and oxygen atoms in total. The fraction of sp³-hybridized carbons (Fsp3) is 0.364. The summed E-state index contributed by atoms with van der Waals surface area (Å²) in [4.78, 5) is 26.6. The van der Waals surface area contributed by atoms with Gasteiger partial charge in [-0.05, 0) is 49.1 Å². The molecule has 1 atom stereocenters. The molecule has 1 N–H and O–H groups in total. The Morgan fingerprint density at radius 2 is 1.85 bits per heavy atom. The third-order valence-corrected chi connectivity index (χ3v) is 4.89. The highest BCUT2D eigenvalue weighted by molar-refractivity contribution is 6.36. The first-order chi connectivity index (χ1) is 13.2. The highest BCUT2D eigenvalue weighted by Crippen LogP contribution is 2.19. The second-order valence-corrected chi connectivity index (χ2v) is 6.87. The van der Waals surface area contributed by atoms with Crippen molar-refractivity contribution in [2.45, 2.75) is 31.7 Å². The van der Waals surface area contributed by atoms with Crippen molar-refractivity contribution in [1.29, 1.82) is 0 Å². The summed E-state index contributed by atoms with van der Waals surface area (Å²) in [6.45, 7) is 1.21. The van der Waals surface area contributed by atoms with Gasteiger partial charge in [-0.2, -0.15) is 0 Å². The summed E-state index contributed by atoms with van der Waals surface area (Å²) in [7, 11) is 1.64. The Hall–Kier alpha value is -2.82. The maximum atomic E-state index is 12.5. The van der Waals surface area contributed by atoms with Gasteiger partial charge in [0.2, 0.25) is 5.78 Å². The molecule has 3 rings (SSSR count). The normalized spacial score (nSPS) is 16.6. The van der Waals surface area contributed by atoms with Gasteiger partial charge < -0.3 is 15.0 Å². The molecule has 0 bridgehead atoms. The summed E-state index contributed by atoms with van der Waals surface area (Å²) >= 11 is 0. The summed E-state index contributed by atoms with van der Waals surface area (Å²) in [5.41, 5.74) is 2.07. The average Bonchev–Trinajstić information content (AvgIpc) is 2.73. The zero-order valence-electron chi connectivity index (χ0n) is 15.7. The Bertz CT molecular complexity index is 759. The highest BCUT2D eigenvalue weighted by Gasteiger charge is 2.27. The van der Waals surface area contributed by atoms with Gasteiger partial charge in [0.1, 0.15) is 5.75 Å². The number of hydrogen-bond acceptors (Lipinski definition) is 4. The average molecular weight is 366 g/mol.